The molecule has 0 unspecified atom stereocenters. The fraction of sp³-hybridized carbons (Fsp3) is 0.0238. The number of fused-ring (bicyclic) bond motifs is 4. The van der Waals surface area contributed by atoms with Gasteiger partial charge in [0.2, 0.25) is 0 Å². The number of ether oxygens (including phenoxy) is 1. The summed E-state index contributed by atoms with van der Waals surface area (Å²) >= 11 is 2.42. The van der Waals surface area contributed by atoms with Crippen molar-refractivity contribution in [2.45, 2.75) is 6.92 Å². The molecule has 9 rings (SSSR count). The Labute approximate surface area is 293 Å². The van der Waals surface area contributed by atoms with E-state index in [1.807, 2.05) is 54.9 Å². The van der Waals surface area contributed by atoms with Gasteiger partial charge in [0.15, 0.2) is 0 Å². The summed E-state index contributed by atoms with van der Waals surface area (Å²) < 4.78 is 14.5. The molecule has 0 aliphatic carbocycles. The summed E-state index contributed by atoms with van der Waals surface area (Å²) in [6.45, 7) is 2.11. The Bertz CT molecular complexity index is 2730. The Morgan fingerprint density at radius 3 is 1.98 bits per heavy atom. The summed E-state index contributed by atoms with van der Waals surface area (Å²) in [5, 5.41) is 2.31. The van der Waals surface area contributed by atoms with Gasteiger partial charge in [0.1, 0.15) is 0 Å². The van der Waals surface area contributed by atoms with Crippen molar-refractivity contribution in [3.8, 4) is 39.9 Å². The normalized spacial score (nSPS) is 11.5. The fourth-order valence-electron chi connectivity index (χ4n) is 6.72. The molecule has 6 nitrogen and oxygen atoms in total. The minimum absolute atomic E-state index is 0.752. The maximum atomic E-state index is 6.62. The Morgan fingerprint density at radius 1 is 0.531 bits per heavy atom. The predicted octanol–water partition coefficient (Wildman–Crippen LogP) is 10.2. The van der Waals surface area contributed by atoms with Crippen molar-refractivity contribution >= 4 is 32.8 Å². The standard InChI is InChI=1S/C42H29N5O.Pt/c1-29-24-42(44-27-36(29)37-17-9-10-23-43-37)47-38-18-6-5-16-34(38)35-22-21-33(26-41(35)47)48-32-15-11-14-31(25-32)46-28-45(30-12-3-2-4-13-30)39-19-7-8-20-40(39)46;/h2-27H,1H3;. The number of hydrogen-bond donors (Lipinski definition) is 0. The second-order valence-corrected chi connectivity index (χ2v) is 13.0. The zero-order valence-corrected chi connectivity index (χ0v) is 28.7. The Balaban J connectivity index is 1.13. The smallest absolute Gasteiger partial charge is 0.256 e. The van der Waals surface area contributed by atoms with E-state index < -0.39 is 0 Å². The van der Waals surface area contributed by atoms with E-state index in [2.05, 4.69) is 148 Å². The molecular formula is C42H29N5OPt. The van der Waals surface area contributed by atoms with Gasteiger partial charge >= 0.3 is 223 Å². The van der Waals surface area contributed by atoms with E-state index in [1.54, 1.807) is 0 Å². The number of pyridine rings is 2. The molecule has 0 amide bonds. The molecule has 0 saturated carbocycles. The molecular weight excluding hydrogens is 786 g/mol. The van der Waals surface area contributed by atoms with Crippen LogP contribution in [0.25, 0.3) is 61.3 Å². The van der Waals surface area contributed by atoms with Gasteiger partial charge in [-0.1, -0.05) is 18.2 Å². The molecule has 0 atom stereocenters. The molecule has 0 aliphatic rings. The van der Waals surface area contributed by atoms with Gasteiger partial charge in [-0.25, -0.2) is 0 Å². The van der Waals surface area contributed by atoms with Crippen LogP contribution in [0.1, 0.15) is 5.56 Å². The van der Waals surface area contributed by atoms with Crippen molar-refractivity contribution in [3.63, 3.8) is 0 Å². The van der Waals surface area contributed by atoms with E-state index in [0.29, 0.717) is 0 Å². The molecule has 4 heterocycles. The van der Waals surface area contributed by atoms with Crippen LogP contribution in [0, 0.1) is 10.7 Å². The quantitative estimate of drug-likeness (QED) is 0.168. The topological polar surface area (TPSA) is 49.8 Å². The Kier molecular flexibility index (Phi) is 7.18. The zero-order chi connectivity index (χ0) is 32.9. The summed E-state index contributed by atoms with van der Waals surface area (Å²) in [6, 6.07) is 50.1. The second kappa shape index (κ2) is 12.0. The monoisotopic (exact) mass is 814 g/mol. The number of benzene rings is 5. The van der Waals surface area contributed by atoms with Crippen molar-refractivity contribution in [1.82, 2.24) is 23.7 Å². The fourth-order valence-corrected chi connectivity index (χ4v) is 7.85. The molecule has 0 saturated heterocycles. The van der Waals surface area contributed by atoms with Crippen LogP contribution in [-0.4, -0.2) is 23.7 Å². The van der Waals surface area contributed by atoms with Crippen molar-refractivity contribution in [1.29, 1.82) is 0 Å². The molecule has 0 aliphatic heterocycles. The third-order valence-electron chi connectivity index (χ3n) is 8.94. The number of aryl methyl sites for hydroxylation is 1. The first kappa shape index (κ1) is 29.3. The predicted molar refractivity (Wildman–Crippen MR) is 192 cm³/mol. The molecule has 0 bridgehead atoms. The molecule has 5 aromatic carbocycles. The number of rotatable bonds is 6. The van der Waals surface area contributed by atoms with Gasteiger partial charge < -0.3 is 0 Å². The minimum Gasteiger partial charge on any atom is -0.256 e. The van der Waals surface area contributed by atoms with Crippen LogP contribution in [0.15, 0.2) is 158 Å². The van der Waals surface area contributed by atoms with Gasteiger partial charge in [-0.3, -0.25) is 4.98 Å². The minimum atomic E-state index is 0.752. The second-order valence-electron chi connectivity index (χ2n) is 11.9. The maximum absolute atomic E-state index is 6.62. The van der Waals surface area contributed by atoms with E-state index in [1.165, 1.54) is 5.39 Å². The number of aromatic nitrogens is 5. The van der Waals surface area contributed by atoms with Crippen LogP contribution in [0.3, 0.4) is 0 Å². The van der Waals surface area contributed by atoms with Gasteiger partial charge in [0.25, 0.3) is 0 Å². The molecule has 0 fully saturated rings. The third-order valence-corrected chi connectivity index (χ3v) is 9.96. The van der Waals surface area contributed by atoms with Gasteiger partial charge in [-0.15, -0.1) is 0 Å². The molecule has 49 heavy (non-hydrogen) atoms. The van der Waals surface area contributed by atoms with Crippen LogP contribution in [-0.2, 0) is 19.4 Å². The van der Waals surface area contributed by atoms with Crippen molar-refractivity contribution in [2.75, 3.05) is 0 Å². The molecule has 4 aromatic heterocycles. The van der Waals surface area contributed by atoms with Gasteiger partial charge in [-0.05, 0) is 24.6 Å². The SMILES string of the molecule is Cc1cc(-n2c3ccccc3c3ccc(Oc4cccc(-n5[c](=[Pt])n(-c6ccccc6)c6ccccc65)c4)cc32)ncc1-c1ccccn1. The third kappa shape index (κ3) is 5.04. The number of nitrogens with zero attached hydrogens (tertiary/aromatic N) is 5. The number of hydrogen-bond acceptors (Lipinski definition) is 3. The summed E-state index contributed by atoms with van der Waals surface area (Å²) in [5.41, 5.74) is 9.57. The summed E-state index contributed by atoms with van der Waals surface area (Å²) in [6.07, 6.45) is 3.74. The molecule has 0 spiro atoms. The van der Waals surface area contributed by atoms with Crippen LogP contribution in [0.4, 0.5) is 0 Å². The summed E-state index contributed by atoms with van der Waals surface area (Å²) in [5.74, 6) is 2.36. The van der Waals surface area contributed by atoms with Crippen LogP contribution in [0.5, 0.6) is 11.5 Å². The van der Waals surface area contributed by atoms with E-state index >= 15 is 0 Å². The van der Waals surface area contributed by atoms with E-state index in [9.17, 15) is 0 Å². The average molecular weight is 815 g/mol. The molecule has 9 aromatic rings. The summed E-state index contributed by atoms with van der Waals surface area (Å²) in [4.78, 5) is 9.50. The first-order valence-electron chi connectivity index (χ1n) is 16.1. The Hall–Kier alpha value is -5.84. The molecule has 0 N–H and O–H groups in total. The number of imidazole rings is 1. The summed E-state index contributed by atoms with van der Waals surface area (Å²) in [7, 11) is 0. The van der Waals surface area contributed by atoms with Gasteiger partial charge in [0.05, 0.1) is 5.69 Å². The molecule has 238 valence electrons. The van der Waals surface area contributed by atoms with Gasteiger partial charge in [-0.2, -0.15) is 0 Å². The van der Waals surface area contributed by atoms with Crippen LogP contribution in [0.2, 0.25) is 0 Å². The van der Waals surface area contributed by atoms with Gasteiger partial charge in [0, 0.05) is 18.0 Å². The van der Waals surface area contributed by atoms with E-state index in [0.717, 1.165) is 76.8 Å². The first-order valence-corrected chi connectivity index (χ1v) is 17.2. The van der Waals surface area contributed by atoms with E-state index in [-0.39, 0.29) is 0 Å². The number of para-hydroxylation sites is 4. The van der Waals surface area contributed by atoms with Crippen molar-refractivity contribution < 1.29 is 24.1 Å². The average Bonchev–Trinajstić information content (AvgIpc) is 3.63. The van der Waals surface area contributed by atoms with Crippen LogP contribution >= 0.6 is 0 Å². The van der Waals surface area contributed by atoms with Crippen molar-refractivity contribution in [2.24, 2.45) is 0 Å². The zero-order valence-electron chi connectivity index (χ0n) is 26.5. The van der Waals surface area contributed by atoms with Crippen molar-refractivity contribution in [3.05, 3.63) is 167 Å². The van der Waals surface area contributed by atoms with Crippen LogP contribution < -0.4 is 4.74 Å². The Morgan fingerprint density at radius 2 is 1.20 bits per heavy atom. The molecule has 0 radical (unpaired) electrons. The van der Waals surface area contributed by atoms with E-state index in [4.69, 9.17) is 9.72 Å². The first-order chi connectivity index (χ1) is 24.1. The molecule has 7 heteroatoms.